The lowest BCUT2D eigenvalue weighted by Gasteiger charge is -2.29. The van der Waals surface area contributed by atoms with Crippen molar-refractivity contribution in [2.45, 2.75) is 24.6 Å². The van der Waals surface area contributed by atoms with Crippen LogP contribution < -0.4 is 0 Å². The van der Waals surface area contributed by atoms with Crippen LogP contribution in [0, 0.1) is 0 Å². The summed E-state index contributed by atoms with van der Waals surface area (Å²) in [5.74, 6) is -3.21. The van der Waals surface area contributed by atoms with Crippen molar-refractivity contribution in [2.24, 2.45) is 0 Å². The number of hydrogen-bond acceptors (Lipinski definition) is 1. The van der Waals surface area contributed by atoms with Crippen LogP contribution in [0.5, 0.6) is 0 Å². The molecule has 92 valence electrons. The summed E-state index contributed by atoms with van der Waals surface area (Å²) in [6.07, 6.45) is -10.1. The smallest absolute Gasteiger partial charge is 0.271 e. The summed E-state index contributed by atoms with van der Waals surface area (Å²) >= 11 is 5.35. The SMILES string of the molecule is FC1(OC(F)(F)C(F)(F)F)C=CC(Cl)=CC1. The third-order valence-electron chi connectivity index (χ3n) is 1.69. The highest BCUT2D eigenvalue weighted by molar-refractivity contribution is 6.31. The van der Waals surface area contributed by atoms with Gasteiger partial charge in [0.1, 0.15) is 0 Å². The van der Waals surface area contributed by atoms with E-state index in [4.69, 9.17) is 11.6 Å². The van der Waals surface area contributed by atoms with Gasteiger partial charge in [-0.15, -0.1) is 0 Å². The monoisotopic (exact) mass is 266 g/mol. The second-order valence-electron chi connectivity index (χ2n) is 3.03. The third kappa shape index (κ3) is 2.91. The molecule has 0 N–H and O–H groups in total. The van der Waals surface area contributed by atoms with Crippen molar-refractivity contribution < 1.29 is 31.1 Å². The Balaban J connectivity index is 2.79. The van der Waals surface area contributed by atoms with Crippen molar-refractivity contribution in [2.75, 3.05) is 0 Å². The van der Waals surface area contributed by atoms with Crippen LogP contribution in [-0.4, -0.2) is 18.1 Å². The molecular weight excluding hydrogens is 262 g/mol. The van der Waals surface area contributed by atoms with Crippen LogP contribution in [-0.2, 0) is 4.74 Å². The molecule has 0 spiro atoms. The maximum atomic E-state index is 13.4. The highest BCUT2D eigenvalue weighted by Gasteiger charge is 2.62. The lowest BCUT2D eigenvalue weighted by atomic mass is 10.1. The maximum absolute atomic E-state index is 13.4. The minimum Gasteiger partial charge on any atom is -0.271 e. The molecule has 0 fully saturated rings. The first-order valence-electron chi connectivity index (χ1n) is 3.94. The van der Waals surface area contributed by atoms with Crippen molar-refractivity contribution in [3.8, 4) is 0 Å². The Hall–Kier alpha value is -0.690. The van der Waals surface area contributed by atoms with E-state index < -0.39 is 24.6 Å². The molecule has 0 aliphatic heterocycles. The third-order valence-corrected chi connectivity index (χ3v) is 1.97. The Morgan fingerprint density at radius 2 is 1.81 bits per heavy atom. The molecule has 1 nitrogen and oxygen atoms in total. The van der Waals surface area contributed by atoms with E-state index in [1.165, 1.54) is 0 Å². The predicted molar refractivity (Wildman–Crippen MR) is 43.6 cm³/mol. The number of ether oxygens (including phenoxy) is 1. The molecule has 0 aromatic carbocycles. The van der Waals surface area contributed by atoms with Crippen molar-refractivity contribution in [1.82, 2.24) is 0 Å². The molecule has 1 rings (SSSR count). The van der Waals surface area contributed by atoms with Crippen molar-refractivity contribution in [3.05, 3.63) is 23.3 Å². The van der Waals surface area contributed by atoms with Gasteiger partial charge >= 0.3 is 12.3 Å². The molecule has 0 radical (unpaired) electrons. The Morgan fingerprint density at radius 3 is 2.19 bits per heavy atom. The van der Waals surface area contributed by atoms with Gasteiger partial charge in [-0.25, -0.2) is 4.39 Å². The molecule has 0 aromatic rings. The minimum absolute atomic E-state index is 0.0344. The topological polar surface area (TPSA) is 9.23 Å². The molecule has 8 heteroatoms. The number of hydrogen-bond donors (Lipinski definition) is 0. The van der Waals surface area contributed by atoms with Crippen molar-refractivity contribution >= 4 is 11.6 Å². The molecule has 0 bridgehead atoms. The number of alkyl halides is 6. The lowest BCUT2D eigenvalue weighted by Crippen LogP contribution is -2.45. The molecule has 1 aliphatic rings. The summed E-state index contributed by atoms with van der Waals surface area (Å²) in [5, 5.41) is 0.0344. The summed E-state index contributed by atoms with van der Waals surface area (Å²) in [5.41, 5.74) is 0. The van der Waals surface area contributed by atoms with E-state index in [-0.39, 0.29) is 5.03 Å². The standard InChI is InChI=1S/C8H5ClF6O/c9-5-1-3-6(10,4-2-5)16-8(14,15)7(11,12)13/h1-3H,4H2. The molecule has 1 atom stereocenters. The summed E-state index contributed by atoms with van der Waals surface area (Å²) < 4.78 is 76.5. The first-order chi connectivity index (χ1) is 7.06. The normalized spacial score (nSPS) is 26.8. The Bertz CT molecular complexity index is 334. The van der Waals surface area contributed by atoms with Gasteiger partial charge in [-0.3, -0.25) is 4.74 Å². The Kier molecular flexibility index (Phi) is 3.31. The first kappa shape index (κ1) is 13.4. The van der Waals surface area contributed by atoms with Gasteiger partial charge in [0, 0.05) is 11.5 Å². The lowest BCUT2D eigenvalue weighted by molar-refractivity contribution is -0.426. The highest BCUT2D eigenvalue weighted by Crippen LogP contribution is 2.42. The quantitative estimate of drug-likeness (QED) is 0.689. The van der Waals surface area contributed by atoms with Crippen molar-refractivity contribution in [3.63, 3.8) is 0 Å². The van der Waals surface area contributed by atoms with Gasteiger partial charge < -0.3 is 0 Å². The molecule has 16 heavy (non-hydrogen) atoms. The second kappa shape index (κ2) is 3.96. The molecule has 0 amide bonds. The van der Waals surface area contributed by atoms with Crippen LogP contribution in [0.2, 0.25) is 0 Å². The molecular formula is C8H5ClF6O. The predicted octanol–water partition coefficient (Wildman–Crippen LogP) is 3.91. The molecule has 0 heterocycles. The van der Waals surface area contributed by atoms with Crippen LogP contribution in [0.25, 0.3) is 0 Å². The first-order valence-corrected chi connectivity index (χ1v) is 4.32. The number of rotatable bonds is 2. The summed E-state index contributed by atoms with van der Waals surface area (Å²) in [6, 6.07) is 0. The van der Waals surface area contributed by atoms with Gasteiger partial charge in [0.15, 0.2) is 0 Å². The average Bonchev–Trinajstić information content (AvgIpc) is 2.08. The fraction of sp³-hybridized carbons (Fsp3) is 0.500. The average molecular weight is 267 g/mol. The van der Waals surface area contributed by atoms with Crippen LogP contribution in [0.15, 0.2) is 23.3 Å². The van der Waals surface area contributed by atoms with E-state index in [1.807, 2.05) is 0 Å². The summed E-state index contributed by atoms with van der Waals surface area (Å²) in [6.45, 7) is 0. The van der Waals surface area contributed by atoms with E-state index in [0.717, 1.165) is 12.2 Å². The van der Waals surface area contributed by atoms with Crippen LogP contribution in [0.4, 0.5) is 26.3 Å². The van der Waals surface area contributed by atoms with Gasteiger partial charge in [-0.2, -0.15) is 22.0 Å². The van der Waals surface area contributed by atoms with E-state index in [9.17, 15) is 26.3 Å². The van der Waals surface area contributed by atoms with E-state index >= 15 is 0 Å². The second-order valence-corrected chi connectivity index (χ2v) is 3.47. The minimum atomic E-state index is -5.97. The van der Waals surface area contributed by atoms with E-state index in [2.05, 4.69) is 4.74 Å². The molecule has 0 aromatic heterocycles. The summed E-state index contributed by atoms with van der Waals surface area (Å²) in [7, 11) is 0. The fourth-order valence-electron chi connectivity index (χ4n) is 0.923. The van der Waals surface area contributed by atoms with Crippen LogP contribution >= 0.6 is 11.6 Å². The van der Waals surface area contributed by atoms with Gasteiger partial charge in [-0.1, -0.05) is 17.7 Å². The van der Waals surface area contributed by atoms with Crippen molar-refractivity contribution in [1.29, 1.82) is 0 Å². The maximum Gasteiger partial charge on any atom is 0.483 e. The Morgan fingerprint density at radius 1 is 1.25 bits per heavy atom. The van der Waals surface area contributed by atoms with Gasteiger partial charge in [-0.05, 0) is 12.2 Å². The molecule has 0 saturated carbocycles. The zero-order valence-corrected chi connectivity index (χ0v) is 8.25. The zero-order valence-electron chi connectivity index (χ0n) is 7.49. The van der Waals surface area contributed by atoms with Crippen LogP contribution in [0.1, 0.15) is 6.42 Å². The van der Waals surface area contributed by atoms with Gasteiger partial charge in [0.2, 0.25) is 5.85 Å². The van der Waals surface area contributed by atoms with Gasteiger partial charge in [0.05, 0.1) is 0 Å². The fourth-order valence-corrected chi connectivity index (χ4v) is 1.06. The van der Waals surface area contributed by atoms with Gasteiger partial charge in [0.25, 0.3) is 0 Å². The molecule has 0 saturated heterocycles. The largest absolute Gasteiger partial charge is 0.483 e. The summed E-state index contributed by atoms with van der Waals surface area (Å²) in [4.78, 5) is 0. The van der Waals surface area contributed by atoms with E-state index in [1.54, 1.807) is 0 Å². The number of allylic oxidation sites excluding steroid dienone is 2. The zero-order chi connectivity index (χ0) is 12.6. The highest BCUT2D eigenvalue weighted by atomic mass is 35.5. The number of halogens is 7. The Labute approximate surface area is 91.3 Å². The van der Waals surface area contributed by atoms with Crippen LogP contribution in [0.3, 0.4) is 0 Å². The van der Waals surface area contributed by atoms with E-state index in [0.29, 0.717) is 6.08 Å². The molecule has 1 unspecified atom stereocenters. The molecule has 1 aliphatic carbocycles.